The summed E-state index contributed by atoms with van der Waals surface area (Å²) in [5.41, 5.74) is 1.79. The van der Waals surface area contributed by atoms with Crippen molar-refractivity contribution in [3.63, 3.8) is 0 Å². The van der Waals surface area contributed by atoms with Crippen LogP contribution < -0.4 is 0 Å². The van der Waals surface area contributed by atoms with Crippen molar-refractivity contribution in [2.75, 3.05) is 13.2 Å². The third kappa shape index (κ3) is 2.25. The summed E-state index contributed by atoms with van der Waals surface area (Å²) in [4.78, 5) is 4.60. The summed E-state index contributed by atoms with van der Waals surface area (Å²) in [6, 6.07) is 5.89. The predicted octanol–water partition coefficient (Wildman–Crippen LogP) is 2.10. The van der Waals surface area contributed by atoms with E-state index < -0.39 is 0 Å². The van der Waals surface area contributed by atoms with E-state index in [9.17, 15) is 5.11 Å². The number of thioether (sulfide) groups is 1. The van der Waals surface area contributed by atoms with Crippen LogP contribution in [-0.2, 0) is 11.3 Å². The molecule has 1 fully saturated rings. The molecule has 0 bridgehead atoms. The van der Waals surface area contributed by atoms with Gasteiger partial charge in [-0.2, -0.15) is 0 Å². The van der Waals surface area contributed by atoms with Crippen LogP contribution in [0.5, 0.6) is 0 Å². The van der Waals surface area contributed by atoms with Gasteiger partial charge in [0.25, 0.3) is 0 Å². The molecule has 1 N–H and O–H groups in total. The van der Waals surface area contributed by atoms with Crippen LogP contribution in [0, 0.1) is 0 Å². The van der Waals surface area contributed by atoms with Crippen molar-refractivity contribution in [3.05, 3.63) is 30.1 Å². The number of aliphatic hydroxyl groups excluding tert-OH is 1. The van der Waals surface area contributed by atoms with E-state index in [0.29, 0.717) is 5.25 Å². The predicted molar refractivity (Wildman–Crippen MR) is 70.8 cm³/mol. The molecule has 0 aromatic carbocycles. The topological polar surface area (TPSA) is 46.8 Å². The van der Waals surface area contributed by atoms with E-state index in [4.69, 9.17) is 4.74 Å². The van der Waals surface area contributed by atoms with Gasteiger partial charge in [-0.25, -0.2) is 4.98 Å². The number of imidazole rings is 1. The molecule has 1 aliphatic heterocycles. The van der Waals surface area contributed by atoms with Crippen molar-refractivity contribution >= 4 is 17.4 Å². The Morgan fingerprint density at radius 3 is 3.00 bits per heavy atom. The number of ether oxygens (including phenoxy) is 1. The van der Waals surface area contributed by atoms with E-state index >= 15 is 0 Å². The summed E-state index contributed by atoms with van der Waals surface area (Å²) in [5, 5.41) is 11.0. The minimum Gasteiger partial charge on any atom is -0.390 e. The number of rotatable bonds is 3. The molecule has 96 valence electrons. The Balaban J connectivity index is 1.90. The number of aliphatic hydroxyl groups is 1. The SMILES string of the molecule is OCc1c(SC2CCOCC2)nc2ccccn12. The average Bonchev–Trinajstić information content (AvgIpc) is 2.77. The van der Waals surface area contributed by atoms with Crippen molar-refractivity contribution in [3.8, 4) is 0 Å². The van der Waals surface area contributed by atoms with Gasteiger partial charge in [0.2, 0.25) is 0 Å². The van der Waals surface area contributed by atoms with Crippen molar-refractivity contribution < 1.29 is 9.84 Å². The third-order valence-electron chi connectivity index (χ3n) is 3.19. The second-order valence-electron chi connectivity index (χ2n) is 4.38. The van der Waals surface area contributed by atoms with Gasteiger partial charge in [-0.15, -0.1) is 11.8 Å². The lowest BCUT2D eigenvalue weighted by molar-refractivity contribution is 0.1000. The van der Waals surface area contributed by atoms with E-state index in [-0.39, 0.29) is 6.61 Å². The molecule has 0 radical (unpaired) electrons. The maximum absolute atomic E-state index is 9.54. The van der Waals surface area contributed by atoms with Crippen LogP contribution in [0.3, 0.4) is 0 Å². The first-order valence-corrected chi connectivity index (χ1v) is 7.07. The highest BCUT2D eigenvalue weighted by Crippen LogP contribution is 2.32. The minimum atomic E-state index is 0.0245. The van der Waals surface area contributed by atoms with Gasteiger partial charge in [0.05, 0.1) is 12.3 Å². The average molecular weight is 264 g/mol. The summed E-state index contributed by atoms with van der Waals surface area (Å²) in [6.07, 6.45) is 4.06. The van der Waals surface area contributed by atoms with Gasteiger partial charge >= 0.3 is 0 Å². The molecule has 1 saturated heterocycles. The maximum atomic E-state index is 9.54. The fourth-order valence-electron chi connectivity index (χ4n) is 2.21. The standard InChI is InChI=1S/C13H16N2O2S/c16-9-11-13(18-10-4-7-17-8-5-10)14-12-3-1-2-6-15(11)12/h1-3,6,10,16H,4-5,7-9H2. The molecule has 0 amide bonds. The molecule has 2 aromatic heterocycles. The van der Waals surface area contributed by atoms with Gasteiger partial charge in [-0.1, -0.05) is 6.07 Å². The van der Waals surface area contributed by atoms with Crippen LogP contribution in [0.4, 0.5) is 0 Å². The van der Waals surface area contributed by atoms with E-state index in [1.165, 1.54) is 0 Å². The summed E-state index contributed by atoms with van der Waals surface area (Å²) in [7, 11) is 0. The van der Waals surface area contributed by atoms with E-state index in [1.807, 2.05) is 28.8 Å². The lowest BCUT2D eigenvalue weighted by Gasteiger charge is -2.20. The Morgan fingerprint density at radius 1 is 1.39 bits per heavy atom. The fourth-order valence-corrected chi connectivity index (χ4v) is 3.40. The minimum absolute atomic E-state index is 0.0245. The molecule has 3 heterocycles. The zero-order valence-corrected chi connectivity index (χ0v) is 10.9. The molecule has 0 unspecified atom stereocenters. The van der Waals surface area contributed by atoms with E-state index in [1.54, 1.807) is 11.8 Å². The number of pyridine rings is 1. The molecule has 1 aliphatic rings. The maximum Gasteiger partial charge on any atom is 0.138 e. The zero-order valence-electron chi connectivity index (χ0n) is 10.1. The first-order valence-electron chi connectivity index (χ1n) is 6.19. The monoisotopic (exact) mass is 264 g/mol. The van der Waals surface area contributed by atoms with Gasteiger partial charge < -0.3 is 14.2 Å². The third-order valence-corrected chi connectivity index (χ3v) is 4.54. The lowest BCUT2D eigenvalue weighted by atomic mass is 10.2. The highest BCUT2D eigenvalue weighted by Gasteiger charge is 2.19. The Labute approximate surface area is 110 Å². The number of hydrogen-bond donors (Lipinski definition) is 1. The van der Waals surface area contributed by atoms with Crippen LogP contribution >= 0.6 is 11.8 Å². The molecule has 2 aromatic rings. The fraction of sp³-hybridized carbons (Fsp3) is 0.462. The van der Waals surface area contributed by atoms with Crippen LogP contribution in [0.1, 0.15) is 18.5 Å². The van der Waals surface area contributed by atoms with Gasteiger partial charge in [-0.05, 0) is 25.0 Å². The highest BCUT2D eigenvalue weighted by molar-refractivity contribution is 7.99. The molecule has 0 spiro atoms. The molecule has 3 rings (SSSR count). The quantitative estimate of drug-likeness (QED) is 0.922. The summed E-state index contributed by atoms with van der Waals surface area (Å²) < 4.78 is 7.32. The Hall–Kier alpha value is -1.04. The molecule has 5 heteroatoms. The first kappa shape index (κ1) is 12.0. The lowest BCUT2D eigenvalue weighted by Crippen LogP contribution is -2.17. The second kappa shape index (κ2) is 5.30. The van der Waals surface area contributed by atoms with E-state index in [0.717, 1.165) is 42.4 Å². The summed E-state index contributed by atoms with van der Waals surface area (Å²) >= 11 is 1.77. The smallest absolute Gasteiger partial charge is 0.138 e. The number of aromatic nitrogens is 2. The van der Waals surface area contributed by atoms with Gasteiger partial charge in [0.15, 0.2) is 0 Å². The molecular formula is C13H16N2O2S. The van der Waals surface area contributed by atoms with Crippen LogP contribution in [0.15, 0.2) is 29.4 Å². The molecule has 0 aliphatic carbocycles. The van der Waals surface area contributed by atoms with Gasteiger partial charge in [0, 0.05) is 24.7 Å². The molecule has 0 saturated carbocycles. The summed E-state index contributed by atoms with van der Waals surface area (Å²) in [5.74, 6) is 0. The van der Waals surface area contributed by atoms with Crippen molar-refractivity contribution in [2.45, 2.75) is 29.7 Å². The number of nitrogens with zero attached hydrogens (tertiary/aromatic N) is 2. The molecule has 0 atom stereocenters. The van der Waals surface area contributed by atoms with Crippen molar-refractivity contribution in [1.29, 1.82) is 0 Å². The zero-order chi connectivity index (χ0) is 12.4. The second-order valence-corrected chi connectivity index (χ2v) is 5.67. The summed E-state index contributed by atoms with van der Waals surface area (Å²) in [6.45, 7) is 1.69. The van der Waals surface area contributed by atoms with Gasteiger partial charge in [0.1, 0.15) is 10.7 Å². The largest absolute Gasteiger partial charge is 0.390 e. The first-order chi connectivity index (χ1) is 8.88. The number of hydrogen-bond acceptors (Lipinski definition) is 4. The molecule has 18 heavy (non-hydrogen) atoms. The van der Waals surface area contributed by atoms with Crippen molar-refractivity contribution in [1.82, 2.24) is 9.38 Å². The van der Waals surface area contributed by atoms with Crippen molar-refractivity contribution in [2.24, 2.45) is 0 Å². The normalized spacial score (nSPS) is 17.4. The Bertz CT molecular complexity index is 535. The Kier molecular flexibility index (Phi) is 3.54. The molecule has 4 nitrogen and oxygen atoms in total. The Morgan fingerprint density at radius 2 is 2.22 bits per heavy atom. The molecular weight excluding hydrogens is 248 g/mol. The van der Waals surface area contributed by atoms with Gasteiger partial charge in [-0.3, -0.25) is 0 Å². The van der Waals surface area contributed by atoms with E-state index in [2.05, 4.69) is 4.98 Å². The van der Waals surface area contributed by atoms with Crippen LogP contribution in [-0.4, -0.2) is 33.0 Å². The van der Waals surface area contributed by atoms with Crippen LogP contribution in [0.25, 0.3) is 5.65 Å². The number of fused-ring (bicyclic) bond motifs is 1. The van der Waals surface area contributed by atoms with Crippen LogP contribution in [0.2, 0.25) is 0 Å². The highest BCUT2D eigenvalue weighted by atomic mass is 32.2.